The minimum absolute atomic E-state index is 0.0143. The second kappa shape index (κ2) is 6.58. The molecule has 2 aromatic rings. The second-order valence-corrected chi connectivity index (χ2v) is 5.43. The molecule has 1 N–H and O–H groups in total. The van der Waals surface area contributed by atoms with Gasteiger partial charge in [0.25, 0.3) is 5.69 Å². The number of benzene rings is 1. The highest BCUT2D eigenvalue weighted by Crippen LogP contribution is 2.31. The van der Waals surface area contributed by atoms with E-state index in [1.807, 2.05) is 19.1 Å². The highest BCUT2D eigenvalue weighted by Gasteiger charge is 2.12. The van der Waals surface area contributed by atoms with Gasteiger partial charge in [0.1, 0.15) is 10.8 Å². The molecule has 0 aliphatic carbocycles. The van der Waals surface area contributed by atoms with Gasteiger partial charge in [0, 0.05) is 22.5 Å². The number of pyridine rings is 1. The van der Waals surface area contributed by atoms with Gasteiger partial charge < -0.3 is 5.32 Å². The van der Waals surface area contributed by atoms with Crippen molar-refractivity contribution in [3.8, 4) is 0 Å². The lowest BCUT2D eigenvalue weighted by Crippen LogP contribution is -2.01. The molecule has 0 unspecified atom stereocenters. The maximum absolute atomic E-state index is 10.9. The fraction of sp³-hybridized carbons (Fsp3) is 0.154. The molecule has 0 saturated heterocycles. The van der Waals surface area contributed by atoms with Crippen LogP contribution in [0.15, 0.2) is 46.3 Å². The molecule has 0 fully saturated rings. The Balaban J connectivity index is 2.32. The van der Waals surface area contributed by atoms with E-state index < -0.39 is 4.92 Å². The Hall–Kier alpha value is -1.79. The third-order valence-corrected chi connectivity index (χ3v) is 3.52. The summed E-state index contributed by atoms with van der Waals surface area (Å²) in [6, 6.07) is 10.1. The molecule has 0 saturated carbocycles. The molecule has 1 aromatic heterocycles. The summed E-state index contributed by atoms with van der Waals surface area (Å²) in [5.74, 6) is 0.492. The van der Waals surface area contributed by atoms with Crippen LogP contribution in [0.1, 0.15) is 6.92 Å². The average molecular weight is 310 g/mol. The molecule has 0 aliphatic rings. The SMILES string of the molecule is CCNc1cc([N+](=O)[O-])cc(Sc2cccc(Cl)c2)n1. The van der Waals surface area contributed by atoms with Crippen LogP contribution in [-0.4, -0.2) is 16.5 Å². The smallest absolute Gasteiger partial charge is 0.275 e. The molecular formula is C13H12ClN3O2S. The second-order valence-electron chi connectivity index (χ2n) is 3.90. The van der Waals surface area contributed by atoms with Crippen molar-refractivity contribution in [2.75, 3.05) is 11.9 Å². The summed E-state index contributed by atoms with van der Waals surface area (Å²) in [4.78, 5) is 15.7. The summed E-state index contributed by atoms with van der Waals surface area (Å²) >= 11 is 7.25. The van der Waals surface area contributed by atoms with Gasteiger partial charge in [-0.1, -0.05) is 29.4 Å². The van der Waals surface area contributed by atoms with E-state index in [1.54, 1.807) is 12.1 Å². The van der Waals surface area contributed by atoms with Gasteiger partial charge in [-0.15, -0.1) is 0 Å². The highest BCUT2D eigenvalue weighted by atomic mass is 35.5. The minimum atomic E-state index is -0.426. The standard InChI is InChI=1S/C13H12ClN3O2S/c1-2-15-12-7-10(17(18)19)8-13(16-12)20-11-5-3-4-9(14)6-11/h3-8H,2H2,1H3,(H,15,16). The van der Waals surface area contributed by atoms with Gasteiger partial charge >= 0.3 is 0 Å². The molecule has 20 heavy (non-hydrogen) atoms. The van der Waals surface area contributed by atoms with Crippen molar-refractivity contribution in [1.29, 1.82) is 0 Å². The van der Waals surface area contributed by atoms with Crippen LogP contribution in [0.5, 0.6) is 0 Å². The van der Waals surface area contributed by atoms with Gasteiger partial charge in [-0.05, 0) is 25.1 Å². The van der Waals surface area contributed by atoms with Crippen molar-refractivity contribution in [2.45, 2.75) is 16.8 Å². The van der Waals surface area contributed by atoms with E-state index >= 15 is 0 Å². The Morgan fingerprint density at radius 3 is 2.85 bits per heavy atom. The van der Waals surface area contributed by atoms with Crippen LogP contribution in [0.4, 0.5) is 11.5 Å². The third-order valence-electron chi connectivity index (χ3n) is 2.37. The highest BCUT2D eigenvalue weighted by molar-refractivity contribution is 7.99. The fourth-order valence-electron chi connectivity index (χ4n) is 1.57. The first-order chi connectivity index (χ1) is 9.58. The molecule has 5 nitrogen and oxygen atoms in total. The quantitative estimate of drug-likeness (QED) is 0.661. The minimum Gasteiger partial charge on any atom is -0.370 e. The van der Waals surface area contributed by atoms with Crippen molar-refractivity contribution in [1.82, 2.24) is 4.98 Å². The molecule has 104 valence electrons. The zero-order valence-electron chi connectivity index (χ0n) is 10.7. The Morgan fingerprint density at radius 1 is 1.40 bits per heavy atom. The number of halogens is 1. The molecule has 0 spiro atoms. The van der Waals surface area contributed by atoms with E-state index in [-0.39, 0.29) is 5.69 Å². The van der Waals surface area contributed by atoms with E-state index in [0.29, 0.717) is 22.4 Å². The molecule has 7 heteroatoms. The maximum Gasteiger partial charge on any atom is 0.275 e. The zero-order chi connectivity index (χ0) is 14.5. The number of rotatable bonds is 5. The summed E-state index contributed by atoms with van der Waals surface area (Å²) in [6.07, 6.45) is 0. The van der Waals surface area contributed by atoms with Crippen LogP contribution >= 0.6 is 23.4 Å². The Kier molecular flexibility index (Phi) is 4.81. The van der Waals surface area contributed by atoms with Gasteiger partial charge in [0.15, 0.2) is 0 Å². The number of nitrogens with zero attached hydrogens (tertiary/aromatic N) is 2. The van der Waals surface area contributed by atoms with Crippen LogP contribution < -0.4 is 5.32 Å². The van der Waals surface area contributed by atoms with E-state index in [2.05, 4.69) is 10.3 Å². The van der Waals surface area contributed by atoms with E-state index in [0.717, 1.165) is 4.90 Å². The predicted molar refractivity (Wildman–Crippen MR) is 80.6 cm³/mol. The molecule has 0 aliphatic heterocycles. The number of hydrogen-bond acceptors (Lipinski definition) is 5. The Morgan fingerprint density at radius 2 is 2.20 bits per heavy atom. The van der Waals surface area contributed by atoms with Gasteiger partial charge in [0.2, 0.25) is 0 Å². The predicted octanol–water partition coefficient (Wildman–Crippen LogP) is 4.23. The van der Waals surface area contributed by atoms with E-state index in [9.17, 15) is 10.1 Å². The molecule has 0 amide bonds. The van der Waals surface area contributed by atoms with Crippen LogP contribution in [0.2, 0.25) is 5.02 Å². The van der Waals surface area contributed by atoms with Gasteiger partial charge in [-0.3, -0.25) is 10.1 Å². The van der Waals surface area contributed by atoms with Crippen molar-refractivity contribution >= 4 is 34.9 Å². The monoisotopic (exact) mass is 309 g/mol. The van der Waals surface area contributed by atoms with Crippen LogP contribution in [0.3, 0.4) is 0 Å². The van der Waals surface area contributed by atoms with Gasteiger partial charge in [-0.25, -0.2) is 4.98 Å². The molecule has 2 rings (SSSR count). The molecule has 1 aromatic carbocycles. The molecule has 1 heterocycles. The number of nitrogens with one attached hydrogen (secondary N) is 1. The van der Waals surface area contributed by atoms with Crippen LogP contribution in [-0.2, 0) is 0 Å². The van der Waals surface area contributed by atoms with Gasteiger partial charge in [0.05, 0.1) is 11.0 Å². The number of anilines is 1. The van der Waals surface area contributed by atoms with Crippen molar-refractivity contribution in [3.63, 3.8) is 0 Å². The van der Waals surface area contributed by atoms with E-state index in [1.165, 1.54) is 23.9 Å². The Bertz CT molecular complexity index is 637. The lowest BCUT2D eigenvalue weighted by atomic mass is 10.4. The molecular weight excluding hydrogens is 298 g/mol. The zero-order valence-corrected chi connectivity index (χ0v) is 12.2. The summed E-state index contributed by atoms with van der Waals surface area (Å²) < 4.78 is 0. The van der Waals surface area contributed by atoms with Crippen molar-refractivity contribution in [2.24, 2.45) is 0 Å². The largest absolute Gasteiger partial charge is 0.370 e. The molecule has 0 atom stereocenters. The van der Waals surface area contributed by atoms with E-state index in [4.69, 9.17) is 11.6 Å². The van der Waals surface area contributed by atoms with Crippen LogP contribution in [0, 0.1) is 10.1 Å². The van der Waals surface area contributed by atoms with Crippen LogP contribution in [0.25, 0.3) is 0 Å². The summed E-state index contributed by atoms with van der Waals surface area (Å²) in [5, 5.41) is 15.1. The molecule has 0 bridgehead atoms. The first-order valence-corrected chi connectivity index (χ1v) is 7.11. The normalized spacial score (nSPS) is 10.3. The first-order valence-electron chi connectivity index (χ1n) is 5.92. The average Bonchev–Trinajstić information content (AvgIpc) is 2.38. The van der Waals surface area contributed by atoms with Crippen molar-refractivity contribution < 1.29 is 4.92 Å². The topological polar surface area (TPSA) is 68.1 Å². The number of hydrogen-bond donors (Lipinski definition) is 1. The fourth-order valence-corrected chi connectivity index (χ4v) is 2.72. The third kappa shape index (κ3) is 3.85. The lowest BCUT2D eigenvalue weighted by Gasteiger charge is -2.06. The maximum atomic E-state index is 10.9. The number of aromatic nitrogens is 1. The number of nitro groups is 1. The Labute approximate surface area is 125 Å². The molecule has 0 radical (unpaired) electrons. The lowest BCUT2D eigenvalue weighted by molar-refractivity contribution is -0.385. The van der Waals surface area contributed by atoms with Crippen molar-refractivity contribution in [3.05, 3.63) is 51.5 Å². The summed E-state index contributed by atoms with van der Waals surface area (Å²) in [6.45, 7) is 2.56. The first kappa shape index (κ1) is 14.6. The summed E-state index contributed by atoms with van der Waals surface area (Å²) in [7, 11) is 0. The van der Waals surface area contributed by atoms with Gasteiger partial charge in [-0.2, -0.15) is 0 Å². The summed E-state index contributed by atoms with van der Waals surface area (Å²) in [5.41, 5.74) is 0.0143.